The van der Waals surface area contributed by atoms with E-state index in [1.807, 2.05) is 11.7 Å². The first-order valence-electron chi connectivity index (χ1n) is 6.36. The minimum atomic E-state index is 0.476. The molecule has 1 aliphatic rings. The van der Waals surface area contributed by atoms with Crippen molar-refractivity contribution in [1.82, 2.24) is 9.78 Å². The van der Waals surface area contributed by atoms with Crippen molar-refractivity contribution in [3.63, 3.8) is 0 Å². The van der Waals surface area contributed by atoms with Crippen LogP contribution in [0.2, 0.25) is 0 Å². The van der Waals surface area contributed by atoms with Crippen LogP contribution >= 0.6 is 15.9 Å². The highest BCUT2D eigenvalue weighted by molar-refractivity contribution is 9.09. The first kappa shape index (κ1) is 12.0. The molecule has 0 saturated carbocycles. The van der Waals surface area contributed by atoms with Crippen molar-refractivity contribution < 1.29 is 0 Å². The van der Waals surface area contributed by atoms with Crippen LogP contribution in [0.15, 0.2) is 30.3 Å². The van der Waals surface area contributed by atoms with Gasteiger partial charge in [0.25, 0.3) is 0 Å². The van der Waals surface area contributed by atoms with Gasteiger partial charge in [-0.25, -0.2) is 0 Å². The van der Waals surface area contributed by atoms with Crippen LogP contribution in [0.4, 0.5) is 0 Å². The summed E-state index contributed by atoms with van der Waals surface area (Å²) in [6.45, 7) is 2.05. The number of rotatable bonds is 2. The second-order valence-corrected chi connectivity index (χ2v) is 6.16. The lowest BCUT2D eigenvalue weighted by atomic mass is 10.00. The maximum absolute atomic E-state index is 4.43. The molecule has 3 heteroatoms. The zero-order valence-electron chi connectivity index (χ0n) is 10.7. The van der Waals surface area contributed by atoms with Gasteiger partial charge in [-0.05, 0) is 42.9 Å². The molecular formula is C15H17BrN2. The summed E-state index contributed by atoms with van der Waals surface area (Å²) in [5.41, 5.74) is 5.38. The fourth-order valence-corrected chi connectivity index (χ4v) is 3.75. The molecule has 0 amide bonds. The normalized spacial score (nSPS) is 22.2. The molecule has 2 atom stereocenters. The Balaban J connectivity index is 1.83. The van der Waals surface area contributed by atoms with Crippen LogP contribution in [0, 0.1) is 12.8 Å². The van der Waals surface area contributed by atoms with Crippen molar-refractivity contribution in [1.29, 1.82) is 0 Å². The molecule has 0 aliphatic heterocycles. The fraction of sp³-hybridized carbons (Fsp3) is 0.400. The minimum absolute atomic E-state index is 0.476. The Kier molecular flexibility index (Phi) is 3.02. The zero-order valence-corrected chi connectivity index (χ0v) is 12.3. The highest BCUT2D eigenvalue weighted by atomic mass is 79.9. The fourth-order valence-electron chi connectivity index (χ4n) is 2.93. The summed E-state index contributed by atoms with van der Waals surface area (Å²) in [4.78, 5) is 0.476. The Morgan fingerprint density at radius 2 is 2.17 bits per heavy atom. The SMILES string of the molecule is Cc1cc(CC2Cc3ccccc3C2Br)n(C)n1. The van der Waals surface area contributed by atoms with Gasteiger partial charge in [0.1, 0.15) is 0 Å². The predicted molar refractivity (Wildman–Crippen MR) is 77.0 cm³/mol. The monoisotopic (exact) mass is 304 g/mol. The summed E-state index contributed by atoms with van der Waals surface area (Å²) in [5.74, 6) is 0.636. The lowest BCUT2D eigenvalue weighted by Crippen LogP contribution is -2.10. The quantitative estimate of drug-likeness (QED) is 0.776. The van der Waals surface area contributed by atoms with E-state index in [4.69, 9.17) is 0 Å². The molecule has 2 unspecified atom stereocenters. The average molecular weight is 305 g/mol. The lowest BCUT2D eigenvalue weighted by Gasteiger charge is -2.14. The number of fused-ring (bicyclic) bond motifs is 1. The summed E-state index contributed by atoms with van der Waals surface area (Å²) >= 11 is 3.86. The number of nitrogens with zero attached hydrogens (tertiary/aromatic N) is 2. The average Bonchev–Trinajstić information content (AvgIpc) is 2.82. The van der Waals surface area contributed by atoms with Gasteiger partial charge in [0.2, 0.25) is 0 Å². The predicted octanol–water partition coefficient (Wildman–Crippen LogP) is 3.58. The Morgan fingerprint density at radius 1 is 1.39 bits per heavy atom. The smallest absolute Gasteiger partial charge is 0.0596 e. The van der Waals surface area contributed by atoms with Gasteiger partial charge in [-0.15, -0.1) is 0 Å². The van der Waals surface area contributed by atoms with E-state index >= 15 is 0 Å². The van der Waals surface area contributed by atoms with Crippen LogP contribution in [-0.2, 0) is 19.9 Å². The number of aryl methyl sites for hydroxylation is 2. The van der Waals surface area contributed by atoms with Crippen LogP contribution in [0.1, 0.15) is 27.3 Å². The lowest BCUT2D eigenvalue weighted by molar-refractivity contribution is 0.528. The standard InChI is InChI=1S/C15H17BrN2/c1-10-7-13(18(2)17-10)9-12-8-11-5-3-4-6-14(11)15(12)16/h3-7,12,15H,8-9H2,1-2H3. The molecule has 0 saturated heterocycles. The van der Waals surface area contributed by atoms with E-state index in [0.29, 0.717) is 10.7 Å². The van der Waals surface area contributed by atoms with E-state index in [1.54, 1.807) is 0 Å². The number of aromatic nitrogens is 2. The van der Waals surface area contributed by atoms with Gasteiger partial charge in [-0.3, -0.25) is 4.68 Å². The van der Waals surface area contributed by atoms with E-state index in [1.165, 1.54) is 16.8 Å². The maximum Gasteiger partial charge on any atom is 0.0596 e. The van der Waals surface area contributed by atoms with Gasteiger partial charge in [0.05, 0.1) is 5.69 Å². The third kappa shape index (κ3) is 2.01. The first-order valence-corrected chi connectivity index (χ1v) is 7.28. The van der Waals surface area contributed by atoms with Crippen molar-refractivity contribution in [2.75, 3.05) is 0 Å². The Morgan fingerprint density at radius 3 is 2.83 bits per heavy atom. The van der Waals surface area contributed by atoms with E-state index < -0.39 is 0 Å². The second-order valence-electron chi connectivity index (χ2n) is 5.17. The van der Waals surface area contributed by atoms with Gasteiger partial charge < -0.3 is 0 Å². The number of benzene rings is 1. The molecule has 0 N–H and O–H groups in total. The van der Waals surface area contributed by atoms with Crippen molar-refractivity contribution in [2.24, 2.45) is 13.0 Å². The Bertz CT molecular complexity index is 574. The third-order valence-corrected chi connectivity index (χ3v) is 5.06. The second kappa shape index (κ2) is 4.54. The number of alkyl halides is 1. The van der Waals surface area contributed by atoms with Crippen LogP contribution in [0.3, 0.4) is 0 Å². The molecule has 94 valence electrons. The minimum Gasteiger partial charge on any atom is -0.272 e. The molecule has 1 aromatic heterocycles. The summed E-state index contributed by atoms with van der Waals surface area (Å²) < 4.78 is 2.01. The van der Waals surface area contributed by atoms with Crippen molar-refractivity contribution in [2.45, 2.75) is 24.6 Å². The van der Waals surface area contributed by atoms with Crippen molar-refractivity contribution in [3.05, 3.63) is 52.8 Å². The Labute approximate surface area is 116 Å². The number of hydrogen-bond acceptors (Lipinski definition) is 1. The van der Waals surface area contributed by atoms with Crippen LogP contribution in [0.25, 0.3) is 0 Å². The maximum atomic E-state index is 4.43. The van der Waals surface area contributed by atoms with E-state index in [2.05, 4.69) is 58.3 Å². The summed E-state index contributed by atoms with van der Waals surface area (Å²) in [5, 5.41) is 4.43. The molecule has 1 heterocycles. The topological polar surface area (TPSA) is 17.8 Å². The molecule has 0 radical (unpaired) electrons. The molecule has 2 aromatic rings. The van der Waals surface area contributed by atoms with Crippen LogP contribution < -0.4 is 0 Å². The first-order chi connectivity index (χ1) is 8.65. The van der Waals surface area contributed by atoms with E-state index in [-0.39, 0.29) is 0 Å². The summed E-state index contributed by atoms with van der Waals surface area (Å²) in [6, 6.07) is 10.9. The molecule has 0 spiro atoms. The van der Waals surface area contributed by atoms with Crippen molar-refractivity contribution >= 4 is 15.9 Å². The highest BCUT2D eigenvalue weighted by Crippen LogP contribution is 2.43. The largest absolute Gasteiger partial charge is 0.272 e. The summed E-state index contributed by atoms with van der Waals surface area (Å²) in [6.07, 6.45) is 2.25. The van der Waals surface area contributed by atoms with Crippen LogP contribution in [0.5, 0.6) is 0 Å². The molecular weight excluding hydrogens is 288 g/mol. The zero-order chi connectivity index (χ0) is 12.7. The molecule has 18 heavy (non-hydrogen) atoms. The van der Waals surface area contributed by atoms with Crippen molar-refractivity contribution in [3.8, 4) is 0 Å². The van der Waals surface area contributed by atoms with Gasteiger partial charge in [-0.2, -0.15) is 5.10 Å². The van der Waals surface area contributed by atoms with Gasteiger partial charge in [0.15, 0.2) is 0 Å². The van der Waals surface area contributed by atoms with Gasteiger partial charge in [0, 0.05) is 17.6 Å². The van der Waals surface area contributed by atoms with Gasteiger partial charge in [-0.1, -0.05) is 40.2 Å². The van der Waals surface area contributed by atoms with E-state index in [0.717, 1.165) is 18.5 Å². The number of hydrogen-bond donors (Lipinski definition) is 0. The molecule has 0 fully saturated rings. The summed E-state index contributed by atoms with van der Waals surface area (Å²) in [7, 11) is 2.04. The molecule has 2 nitrogen and oxygen atoms in total. The third-order valence-electron chi connectivity index (χ3n) is 3.82. The molecule has 0 bridgehead atoms. The number of halogens is 1. The molecule has 1 aromatic carbocycles. The van der Waals surface area contributed by atoms with Gasteiger partial charge >= 0.3 is 0 Å². The van der Waals surface area contributed by atoms with Crippen LogP contribution in [-0.4, -0.2) is 9.78 Å². The Hall–Kier alpha value is -1.09. The molecule has 1 aliphatic carbocycles. The highest BCUT2D eigenvalue weighted by Gasteiger charge is 2.30. The van der Waals surface area contributed by atoms with E-state index in [9.17, 15) is 0 Å². The molecule has 3 rings (SSSR count).